The molecule has 1 unspecified atom stereocenters. The molecule has 0 saturated carbocycles. The summed E-state index contributed by atoms with van der Waals surface area (Å²) in [5, 5.41) is 4.51. The van der Waals surface area contributed by atoms with E-state index in [1.807, 2.05) is 24.3 Å². The smallest absolute Gasteiger partial charge is 0.148 e. The zero-order valence-electron chi connectivity index (χ0n) is 10.5. The lowest BCUT2D eigenvalue weighted by Gasteiger charge is -2.13. The van der Waals surface area contributed by atoms with Gasteiger partial charge in [-0.1, -0.05) is 19.1 Å². The average Bonchev–Trinajstić information content (AvgIpc) is 3.05. The van der Waals surface area contributed by atoms with Crippen molar-refractivity contribution in [1.29, 1.82) is 0 Å². The van der Waals surface area contributed by atoms with Crippen LogP contribution in [-0.2, 0) is 0 Å². The highest BCUT2D eigenvalue weighted by Gasteiger charge is 2.19. The molecule has 2 heterocycles. The van der Waals surface area contributed by atoms with Gasteiger partial charge in [0.05, 0.1) is 23.0 Å². The monoisotopic (exact) mass is 319 g/mol. The van der Waals surface area contributed by atoms with Gasteiger partial charge in [0.2, 0.25) is 0 Å². The summed E-state index contributed by atoms with van der Waals surface area (Å²) in [7, 11) is 0. The summed E-state index contributed by atoms with van der Waals surface area (Å²) in [6, 6.07) is 10.1. The summed E-state index contributed by atoms with van der Waals surface area (Å²) in [5.74, 6) is 0.894. The molecule has 0 amide bonds. The first-order chi connectivity index (χ1) is 9.29. The summed E-state index contributed by atoms with van der Waals surface area (Å²) in [5.41, 5.74) is 1.95. The SMILES string of the molecule is CCNC(c1ccoc1)c1cc2cccc(Br)c2o1. The van der Waals surface area contributed by atoms with Gasteiger partial charge in [0.25, 0.3) is 0 Å². The number of para-hydroxylation sites is 1. The molecule has 1 atom stereocenters. The second-order valence-corrected chi connectivity index (χ2v) is 5.21. The molecule has 0 spiro atoms. The summed E-state index contributed by atoms with van der Waals surface area (Å²) in [4.78, 5) is 0. The molecule has 3 nitrogen and oxygen atoms in total. The van der Waals surface area contributed by atoms with Gasteiger partial charge in [0.1, 0.15) is 11.3 Å². The third kappa shape index (κ3) is 2.33. The zero-order valence-corrected chi connectivity index (χ0v) is 12.1. The van der Waals surface area contributed by atoms with E-state index in [0.29, 0.717) is 0 Å². The maximum atomic E-state index is 5.99. The van der Waals surface area contributed by atoms with E-state index >= 15 is 0 Å². The van der Waals surface area contributed by atoms with E-state index in [0.717, 1.165) is 33.3 Å². The molecule has 4 heteroatoms. The van der Waals surface area contributed by atoms with E-state index in [4.69, 9.17) is 8.83 Å². The van der Waals surface area contributed by atoms with Crippen molar-refractivity contribution in [2.75, 3.05) is 6.54 Å². The largest absolute Gasteiger partial charge is 0.472 e. The highest BCUT2D eigenvalue weighted by atomic mass is 79.9. The van der Waals surface area contributed by atoms with Crippen LogP contribution in [0.25, 0.3) is 11.0 Å². The summed E-state index contributed by atoms with van der Waals surface area (Å²) in [6.07, 6.45) is 3.42. The van der Waals surface area contributed by atoms with Crippen molar-refractivity contribution in [1.82, 2.24) is 5.32 Å². The van der Waals surface area contributed by atoms with Crippen molar-refractivity contribution in [3.8, 4) is 0 Å². The number of fused-ring (bicyclic) bond motifs is 1. The molecule has 3 rings (SSSR count). The Hall–Kier alpha value is -1.52. The summed E-state index contributed by atoms with van der Waals surface area (Å²) >= 11 is 3.51. The highest BCUT2D eigenvalue weighted by molar-refractivity contribution is 9.10. The molecule has 1 aromatic carbocycles. The Kier molecular flexibility index (Phi) is 3.44. The lowest BCUT2D eigenvalue weighted by molar-refractivity contribution is 0.471. The molecule has 0 fully saturated rings. The van der Waals surface area contributed by atoms with E-state index in [1.165, 1.54) is 0 Å². The second kappa shape index (κ2) is 5.23. The molecule has 0 aliphatic heterocycles. The van der Waals surface area contributed by atoms with Crippen molar-refractivity contribution >= 4 is 26.9 Å². The molecule has 98 valence electrons. The minimum absolute atomic E-state index is 0.0167. The first-order valence-electron chi connectivity index (χ1n) is 6.23. The lowest BCUT2D eigenvalue weighted by atomic mass is 10.1. The Morgan fingerprint density at radius 2 is 2.21 bits per heavy atom. The van der Waals surface area contributed by atoms with Crippen LogP contribution in [0.3, 0.4) is 0 Å². The van der Waals surface area contributed by atoms with Crippen LogP contribution in [-0.4, -0.2) is 6.54 Å². The predicted octanol–water partition coefficient (Wildman–Crippen LogP) is 4.49. The molecule has 2 aromatic heterocycles. The number of benzene rings is 1. The number of furan rings is 2. The fraction of sp³-hybridized carbons (Fsp3) is 0.200. The van der Waals surface area contributed by atoms with E-state index in [9.17, 15) is 0 Å². The van der Waals surface area contributed by atoms with E-state index in [-0.39, 0.29) is 6.04 Å². The topological polar surface area (TPSA) is 38.3 Å². The fourth-order valence-electron chi connectivity index (χ4n) is 2.22. The summed E-state index contributed by atoms with van der Waals surface area (Å²) in [6.45, 7) is 2.93. The van der Waals surface area contributed by atoms with Gasteiger partial charge in [-0.25, -0.2) is 0 Å². The third-order valence-electron chi connectivity index (χ3n) is 3.08. The first-order valence-corrected chi connectivity index (χ1v) is 7.02. The Morgan fingerprint density at radius 1 is 1.32 bits per heavy atom. The number of rotatable bonds is 4. The zero-order chi connectivity index (χ0) is 13.2. The van der Waals surface area contributed by atoms with Gasteiger partial charge in [-0.3, -0.25) is 0 Å². The maximum absolute atomic E-state index is 5.99. The van der Waals surface area contributed by atoms with Crippen molar-refractivity contribution in [3.63, 3.8) is 0 Å². The van der Waals surface area contributed by atoms with E-state index in [1.54, 1.807) is 12.5 Å². The van der Waals surface area contributed by atoms with Crippen LogP contribution in [0.15, 0.2) is 56.2 Å². The van der Waals surface area contributed by atoms with Crippen LogP contribution in [0.2, 0.25) is 0 Å². The molecular weight excluding hydrogens is 306 g/mol. The minimum Gasteiger partial charge on any atom is -0.472 e. The molecule has 0 aliphatic rings. The standard InChI is InChI=1S/C15H14BrNO2/c1-2-17-14(11-6-7-18-9-11)13-8-10-4-3-5-12(16)15(10)19-13/h3-9,14,17H,2H2,1H3. The fourth-order valence-corrected chi connectivity index (χ4v) is 2.68. The van der Waals surface area contributed by atoms with Gasteiger partial charge >= 0.3 is 0 Å². The van der Waals surface area contributed by atoms with E-state index < -0.39 is 0 Å². The Balaban J connectivity index is 2.08. The van der Waals surface area contributed by atoms with Crippen molar-refractivity contribution in [2.45, 2.75) is 13.0 Å². The molecule has 19 heavy (non-hydrogen) atoms. The molecule has 0 aliphatic carbocycles. The maximum Gasteiger partial charge on any atom is 0.148 e. The van der Waals surface area contributed by atoms with Crippen molar-refractivity contribution in [3.05, 3.63) is 58.7 Å². The van der Waals surface area contributed by atoms with Crippen LogP contribution in [0.1, 0.15) is 24.3 Å². The summed E-state index contributed by atoms with van der Waals surface area (Å²) < 4.78 is 12.1. The van der Waals surface area contributed by atoms with Crippen LogP contribution >= 0.6 is 15.9 Å². The van der Waals surface area contributed by atoms with Crippen LogP contribution in [0, 0.1) is 0 Å². The van der Waals surface area contributed by atoms with Crippen LogP contribution in [0.5, 0.6) is 0 Å². The normalized spacial score (nSPS) is 12.9. The quantitative estimate of drug-likeness (QED) is 0.770. The van der Waals surface area contributed by atoms with Gasteiger partial charge in [0, 0.05) is 10.9 Å². The molecular formula is C15H14BrNO2. The molecule has 0 radical (unpaired) electrons. The minimum atomic E-state index is 0.0167. The average molecular weight is 320 g/mol. The Labute approximate surface area is 119 Å². The Bertz CT molecular complexity index is 673. The van der Waals surface area contributed by atoms with E-state index in [2.05, 4.69) is 34.2 Å². The molecule has 1 N–H and O–H groups in total. The van der Waals surface area contributed by atoms with Crippen LogP contribution < -0.4 is 5.32 Å². The van der Waals surface area contributed by atoms with Gasteiger partial charge in [-0.15, -0.1) is 0 Å². The van der Waals surface area contributed by atoms with Gasteiger partial charge in [-0.2, -0.15) is 0 Å². The van der Waals surface area contributed by atoms with Crippen molar-refractivity contribution in [2.24, 2.45) is 0 Å². The Morgan fingerprint density at radius 3 is 2.89 bits per heavy atom. The second-order valence-electron chi connectivity index (χ2n) is 4.35. The van der Waals surface area contributed by atoms with Crippen LogP contribution in [0.4, 0.5) is 0 Å². The number of hydrogen-bond donors (Lipinski definition) is 1. The van der Waals surface area contributed by atoms with Gasteiger partial charge in [0.15, 0.2) is 0 Å². The third-order valence-corrected chi connectivity index (χ3v) is 3.71. The molecule has 3 aromatic rings. The highest BCUT2D eigenvalue weighted by Crippen LogP contribution is 2.32. The van der Waals surface area contributed by atoms with Gasteiger partial charge < -0.3 is 14.2 Å². The number of nitrogens with one attached hydrogen (secondary N) is 1. The first kappa shape index (κ1) is 12.5. The molecule has 0 saturated heterocycles. The molecule has 0 bridgehead atoms. The predicted molar refractivity (Wildman–Crippen MR) is 78.1 cm³/mol. The van der Waals surface area contributed by atoms with Gasteiger partial charge in [-0.05, 0) is 40.7 Å². The van der Waals surface area contributed by atoms with Crippen molar-refractivity contribution < 1.29 is 8.83 Å². The lowest BCUT2D eigenvalue weighted by Crippen LogP contribution is -2.20. The number of hydrogen-bond acceptors (Lipinski definition) is 3. The number of halogens is 1.